The minimum Gasteiger partial charge on any atom is -0.404 e. The Bertz CT molecular complexity index is 722. The molecule has 19 heavy (non-hydrogen) atoms. The predicted octanol–water partition coefficient (Wildman–Crippen LogP) is 1.61. The largest absolute Gasteiger partial charge is 0.404 e. The highest BCUT2D eigenvalue weighted by Gasteiger charge is 2.10. The van der Waals surface area contributed by atoms with Crippen molar-refractivity contribution in [3.8, 4) is 11.9 Å². The third-order valence-electron chi connectivity index (χ3n) is 2.75. The molecule has 0 aliphatic rings. The molecule has 0 saturated carbocycles. The van der Waals surface area contributed by atoms with E-state index in [0.29, 0.717) is 12.4 Å². The number of aryl methyl sites for hydroxylation is 1. The Morgan fingerprint density at radius 3 is 2.89 bits per heavy atom. The second-order valence-corrected chi connectivity index (χ2v) is 4.15. The van der Waals surface area contributed by atoms with Crippen molar-refractivity contribution in [1.82, 2.24) is 19.7 Å². The van der Waals surface area contributed by atoms with E-state index in [0.717, 1.165) is 16.5 Å². The van der Waals surface area contributed by atoms with Crippen LogP contribution in [0.3, 0.4) is 0 Å². The van der Waals surface area contributed by atoms with Gasteiger partial charge in [-0.2, -0.15) is 4.98 Å². The number of nitrogens with two attached hydrogens (primary N) is 1. The molecule has 0 aliphatic heterocycles. The highest BCUT2D eigenvalue weighted by atomic mass is 16.5. The van der Waals surface area contributed by atoms with Crippen LogP contribution in [0.4, 0.5) is 0 Å². The number of para-hydroxylation sites is 1. The Morgan fingerprint density at radius 1 is 1.32 bits per heavy atom. The molecule has 3 rings (SSSR count). The van der Waals surface area contributed by atoms with Gasteiger partial charge in [-0.1, -0.05) is 18.2 Å². The molecule has 0 unspecified atom stereocenters. The average Bonchev–Trinajstić information content (AvgIpc) is 2.83. The molecular weight excluding hydrogens is 242 g/mol. The molecule has 0 bridgehead atoms. The zero-order chi connectivity index (χ0) is 13.2. The van der Waals surface area contributed by atoms with Gasteiger partial charge in [-0.25, -0.2) is 4.98 Å². The summed E-state index contributed by atoms with van der Waals surface area (Å²) in [5, 5.41) is 5.10. The van der Waals surface area contributed by atoms with Crippen LogP contribution in [-0.4, -0.2) is 19.7 Å². The van der Waals surface area contributed by atoms with E-state index in [4.69, 9.17) is 10.5 Å². The highest BCUT2D eigenvalue weighted by Crippen LogP contribution is 2.24. The van der Waals surface area contributed by atoms with Crippen LogP contribution in [0.5, 0.6) is 11.9 Å². The Morgan fingerprint density at radius 2 is 2.16 bits per heavy atom. The maximum Gasteiger partial charge on any atom is 0.342 e. The lowest BCUT2D eigenvalue weighted by Gasteiger charge is -2.07. The third-order valence-corrected chi connectivity index (χ3v) is 2.75. The number of hydrogen-bond acceptors (Lipinski definition) is 5. The fraction of sp³-hybridized carbons (Fsp3) is 0.154. The first-order valence-electron chi connectivity index (χ1n) is 5.88. The van der Waals surface area contributed by atoms with E-state index in [9.17, 15) is 0 Å². The van der Waals surface area contributed by atoms with Crippen molar-refractivity contribution in [2.45, 2.75) is 6.54 Å². The van der Waals surface area contributed by atoms with E-state index in [1.54, 1.807) is 18.1 Å². The quantitative estimate of drug-likeness (QED) is 0.769. The molecule has 6 nitrogen and oxygen atoms in total. The van der Waals surface area contributed by atoms with E-state index in [2.05, 4.69) is 15.1 Å². The van der Waals surface area contributed by atoms with Crippen molar-refractivity contribution in [2.75, 3.05) is 0 Å². The zero-order valence-corrected chi connectivity index (χ0v) is 10.4. The SMILES string of the molecule is Cn1cnc(Oc2nc3ccccc3cc2CN)n1. The van der Waals surface area contributed by atoms with Gasteiger partial charge in [-0.05, 0) is 12.1 Å². The number of ether oxygens (including phenoxy) is 1. The summed E-state index contributed by atoms with van der Waals surface area (Å²) in [4.78, 5) is 8.47. The number of aromatic nitrogens is 4. The number of rotatable bonds is 3. The van der Waals surface area contributed by atoms with Crippen LogP contribution in [0.15, 0.2) is 36.7 Å². The standard InChI is InChI=1S/C13H13N5O/c1-18-8-15-13(17-18)19-12-10(7-14)6-9-4-2-3-5-11(9)16-12/h2-6,8H,7,14H2,1H3. The molecule has 3 aromatic rings. The lowest BCUT2D eigenvalue weighted by atomic mass is 10.1. The topological polar surface area (TPSA) is 78.8 Å². The minimum atomic E-state index is 0.264. The Kier molecular flexibility index (Phi) is 2.85. The van der Waals surface area contributed by atoms with Crippen LogP contribution in [0.1, 0.15) is 5.56 Å². The maximum absolute atomic E-state index is 5.73. The number of nitrogens with zero attached hydrogens (tertiary/aromatic N) is 4. The molecule has 0 atom stereocenters. The number of benzene rings is 1. The lowest BCUT2D eigenvalue weighted by molar-refractivity contribution is 0.419. The van der Waals surface area contributed by atoms with Crippen molar-refractivity contribution in [3.63, 3.8) is 0 Å². The second-order valence-electron chi connectivity index (χ2n) is 4.15. The summed E-state index contributed by atoms with van der Waals surface area (Å²) in [6.07, 6.45) is 1.57. The van der Waals surface area contributed by atoms with Gasteiger partial charge >= 0.3 is 6.01 Å². The molecule has 2 heterocycles. The number of hydrogen-bond donors (Lipinski definition) is 1. The molecule has 0 fully saturated rings. The summed E-state index contributed by atoms with van der Waals surface area (Å²) in [7, 11) is 1.78. The number of pyridine rings is 1. The first-order chi connectivity index (χ1) is 9.26. The van der Waals surface area contributed by atoms with Gasteiger partial charge in [0.25, 0.3) is 0 Å². The molecule has 2 N–H and O–H groups in total. The van der Waals surface area contributed by atoms with Crippen LogP contribution in [0.2, 0.25) is 0 Å². The lowest BCUT2D eigenvalue weighted by Crippen LogP contribution is -2.02. The van der Waals surface area contributed by atoms with Crippen molar-refractivity contribution in [1.29, 1.82) is 0 Å². The fourth-order valence-corrected chi connectivity index (χ4v) is 1.83. The molecule has 0 radical (unpaired) electrons. The predicted molar refractivity (Wildman–Crippen MR) is 70.7 cm³/mol. The van der Waals surface area contributed by atoms with Crippen LogP contribution >= 0.6 is 0 Å². The van der Waals surface area contributed by atoms with Crippen molar-refractivity contribution in [2.24, 2.45) is 12.8 Å². The van der Waals surface area contributed by atoms with Crippen molar-refractivity contribution >= 4 is 10.9 Å². The average molecular weight is 255 g/mol. The van der Waals surface area contributed by atoms with Gasteiger partial charge in [-0.3, -0.25) is 4.68 Å². The highest BCUT2D eigenvalue weighted by molar-refractivity contribution is 5.80. The van der Waals surface area contributed by atoms with Gasteiger partial charge in [0.15, 0.2) is 0 Å². The normalized spacial score (nSPS) is 10.8. The summed E-state index contributed by atoms with van der Waals surface area (Å²) in [6, 6.07) is 10.0. The molecular formula is C13H13N5O. The molecule has 0 saturated heterocycles. The maximum atomic E-state index is 5.73. The van der Waals surface area contributed by atoms with Gasteiger partial charge in [-0.15, -0.1) is 5.10 Å². The van der Waals surface area contributed by atoms with E-state index in [-0.39, 0.29) is 6.01 Å². The summed E-state index contributed by atoms with van der Waals surface area (Å²) >= 11 is 0. The smallest absolute Gasteiger partial charge is 0.342 e. The first-order valence-corrected chi connectivity index (χ1v) is 5.88. The van der Waals surface area contributed by atoms with Crippen LogP contribution in [0, 0.1) is 0 Å². The van der Waals surface area contributed by atoms with E-state index >= 15 is 0 Å². The van der Waals surface area contributed by atoms with Gasteiger partial charge in [0.05, 0.1) is 5.52 Å². The first kappa shape index (κ1) is 11.6. The van der Waals surface area contributed by atoms with Crippen LogP contribution in [0.25, 0.3) is 10.9 Å². The number of fused-ring (bicyclic) bond motifs is 1. The monoisotopic (exact) mass is 255 g/mol. The van der Waals surface area contributed by atoms with Gasteiger partial charge in [0.1, 0.15) is 6.33 Å². The summed E-state index contributed by atoms with van der Waals surface area (Å²) in [6.45, 7) is 0.347. The minimum absolute atomic E-state index is 0.264. The van der Waals surface area contributed by atoms with E-state index in [1.165, 1.54) is 0 Å². The van der Waals surface area contributed by atoms with Crippen molar-refractivity contribution < 1.29 is 4.74 Å². The molecule has 2 aromatic heterocycles. The Hall–Kier alpha value is -2.47. The summed E-state index contributed by atoms with van der Waals surface area (Å²) in [5.74, 6) is 0.451. The molecule has 0 spiro atoms. The molecule has 0 aliphatic carbocycles. The summed E-state index contributed by atoms with van der Waals surface area (Å²) < 4.78 is 7.16. The Labute approximate surface area is 109 Å². The molecule has 0 amide bonds. The molecule has 96 valence electrons. The summed E-state index contributed by atoms with van der Waals surface area (Å²) in [5.41, 5.74) is 7.41. The van der Waals surface area contributed by atoms with Gasteiger partial charge in [0.2, 0.25) is 5.88 Å². The van der Waals surface area contributed by atoms with Crippen LogP contribution < -0.4 is 10.5 Å². The zero-order valence-electron chi connectivity index (χ0n) is 10.4. The third kappa shape index (κ3) is 2.25. The molecule has 6 heteroatoms. The fourth-order valence-electron chi connectivity index (χ4n) is 1.83. The van der Waals surface area contributed by atoms with Gasteiger partial charge < -0.3 is 10.5 Å². The Balaban J connectivity index is 2.05. The molecule has 1 aromatic carbocycles. The van der Waals surface area contributed by atoms with Crippen molar-refractivity contribution in [3.05, 3.63) is 42.2 Å². The van der Waals surface area contributed by atoms with E-state index < -0.39 is 0 Å². The van der Waals surface area contributed by atoms with E-state index in [1.807, 2.05) is 30.3 Å². The van der Waals surface area contributed by atoms with Gasteiger partial charge in [0, 0.05) is 24.5 Å². The van der Waals surface area contributed by atoms with Crippen LogP contribution in [-0.2, 0) is 13.6 Å². The second kappa shape index (κ2) is 4.66.